The highest BCUT2D eigenvalue weighted by Gasteiger charge is 2.26. The van der Waals surface area contributed by atoms with Gasteiger partial charge in [-0.05, 0) is 78.1 Å². The van der Waals surface area contributed by atoms with Gasteiger partial charge in [0.1, 0.15) is 5.82 Å². The van der Waals surface area contributed by atoms with E-state index in [1.165, 1.54) is 18.2 Å². The first-order valence-corrected chi connectivity index (χ1v) is 18.9. The van der Waals surface area contributed by atoms with Crippen molar-refractivity contribution in [2.45, 2.75) is 77.4 Å². The van der Waals surface area contributed by atoms with Gasteiger partial charge in [0.25, 0.3) is 5.91 Å². The normalized spacial score (nSPS) is 14.2. The zero-order valence-corrected chi connectivity index (χ0v) is 30.1. The number of thioether (sulfide) groups is 1. The van der Waals surface area contributed by atoms with Crippen molar-refractivity contribution in [3.63, 3.8) is 0 Å². The fraction of sp³-hybridized carbons (Fsp3) is 0.333. The summed E-state index contributed by atoms with van der Waals surface area (Å²) >= 11 is 1.22. The molecule has 0 radical (unpaired) electrons. The third-order valence-electron chi connectivity index (χ3n) is 9.82. The SMILES string of the molecule is CCCc1nc2c(C)cc(C(=O)NC(CSC(=O)C(N)CC3CCC3)Cc3ccccc3)cc2n1Cc1ccc(-c2ccccc2C(=O)O)cc1. The van der Waals surface area contributed by atoms with Crippen LogP contribution in [0.4, 0.5) is 0 Å². The Hall–Kier alpha value is -4.73. The largest absolute Gasteiger partial charge is 0.478 e. The highest BCUT2D eigenvalue weighted by molar-refractivity contribution is 8.13. The third-order valence-corrected chi connectivity index (χ3v) is 11.0. The van der Waals surface area contributed by atoms with Crippen molar-refractivity contribution in [2.24, 2.45) is 11.7 Å². The van der Waals surface area contributed by atoms with Crippen LogP contribution in [0.25, 0.3) is 22.2 Å². The van der Waals surface area contributed by atoms with Crippen molar-refractivity contribution in [1.82, 2.24) is 14.9 Å². The van der Waals surface area contributed by atoms with Crippen molar-refractivity contribution in [2.75, 3.05) is 5.75 Å². The molecule has 4 N–H and O–H groups in total. The van der Waals surface area contributed by atoms with Crippen LogP contribution in [0.3, 0.4) is 0 Å². The van der Waals surface area contributed by atoms with Crippen LogP contribution in [0.15, 0.2) is 91.0 Å². The predicted molar refractivity (Wildman–Crippen MR) is 205 cm³/mol. The molecule has 1 aliphatic rings. The Balaban J connectivity index is 1.24. The van der Waals surface area contributed by atoms with Gasteiger partial charge in [0.2, 0.25) is 5.12 Å². The highest BCUT2D eigenvalue weighted by atomic mass is 32.2. The molecule has 1 aliphatic carbocycles. The second-order valence-corrected chi connectivity index (χ2v) is 14.7. The minimum absolute atomic E-state index is 0.0158. The summed E-state index contributed by atoms with van der Waals surface area (Å²) in [6.45, 7) is 4.66. The van der Waals surface area contributed by atoms with E-state index in [1.54, 1.807) is 12.1 Å². The first kappa shape index (κ1) is 36.1. The second-order valence-electron chi connectivity index (χ2n) is 13.7. The Labute approximate surface area is 303 Å². The van der Waals surface area contributed by atoms with Crippen LogP contribution < -0.4 is 11.1 Å². The number of carboxylic acids is 1. The minimum Gasteiger partial charge on any atom is -0.478 e. The van der Waals surface area contributed by atoms with Crippen LogP contribution >= 0.6 is 11.8 Å². The lowest BCUT2D eigenvalue weighted by Crippen LogP contribution is -2.40. The van der Waals surface area contributed by atoms with Crippen LogP contribution in [0.5, 0.6) is 0 Å². The molecular weight excluding hydrogens is 657 g/mol. The van der Waals surface area contributed by atoms with E-state index in [2.05, 4.69) is 16.8 Å². The number of rotatable bonds is 15. The summed E-state index contributed by atoms with van der Waals surface area (Å²) in [5.74, 6) is 0.781. The molecule has 264 valence electrons. The Kier molecular flexibility index (Phi) is 11.7. The maximum absolute atomic E-state index is 14.0. The van der Waals surface area contributed by atoms with Gasteiger partial charge in [-0.25, -0.2) is 9.78 Å². The number of aromatic nitrogens is 2. The molecule has 2 atom stereocenters. The number of carbonyl (C=O) groups is 3. The molecule has 0 saturated heterocycles. The van der Waals surface area contributed by atoms with E-state index in [1.807, 2.05) is 85.8 Å². The van der Waals surface area contributed by atoms with Crippen LogP contribution in [0.1, 0.15) is 82.3 Å². The number of imidazole rings is 1. The van der Waals surface area contributed by atoms with Crippen LogP contribution in [-0.4, -0.2) is 49.5 Å². The van der Waals surface area contributed by atoms with Gasteiger partial charge >= 0.3 is 5.97 Å². The molecule has 1 fully saturated rings. The number of amides is 1. The van der Waals surface area contributed by atoms with Crippen LogP contribution in [-0.2, 0) is 24.2 Å². The maximum atomic E-state index is 14.0. The molecule has 6 rings (SSSR count). The number of carbonyl (C=O) groups excluding carboxylic acids is 2. The Morgan fingerprint density at radius 2 is 1.71 bits per heavy atom. The number of nitrogens with zero attached hydrogens (tertiary/aromatic N) is 2. The number of aryl methyl sites for hydroxylation is 2. The van der Waals surface area contributed by atoms with Crippen molar-refractivity contribution in [1.29, 1.82) is 0 Å². The number of hydrogen-bond acceptors (Lipinski definition) is 6. The van der Waals surface area contributed by atoms with Crippen molar-refractivity contribution in [3.05, 3.63) is 125 Å². The molecule has 2 unspecified atom stereocenters. The van der Waals surface area contributed by atoms with Crippen LogP contribution in [0, 0.1) is 12.8 Å². The summed E-state index contributed by atoms with van der Waals surface area (Å²) in [5.41, 5.74) is 13.4. The Morgan fingerprint density at radius 1 is 0.980 bits per heavy atom. The number of hydrogen-bond donors (Lipinski definition) is 3. The third kappa shape index (κ3) is 8.78. The molecule has 0 bridgehead atoms. The van der Waals surface area contributed by atoms with Gasteiger partial charge in [-0.2, -0.15) is 0 Å². The zero-order valence-electron chi connectivity index (χ0n) is 29.3. The van der Waals surface area contributed by atoms with E-state index in [9.17, 15) is 19.5 Å². The van der Waals surface area contributed by atoms with Gasteiger partial charge in [-0.1, -0.05) is 111 Å². The monoisotopic (exact) mass is 702 g/mol. The van der Waals surface area contributed by atoms with E-state index >= 15 is 0 Å². The number of carboxylic acid groups (broad SMARTS) is 1. The first-order chi connectivity index (χ1) is 24.7. The van der Waals surface area contributed by atoms with Crippen molar-refractivity contribution in [3.8, 4) is 11.1 Å². The minimum atomic E-state index is -0.957. The van der Waals surface area contributed by atoms with Gasteiger partial charge in [-0.15, -0.1) is 0 Å². The summed E-state index contributed by atoms with van der Waals surface area (Å²) in [6.07, 6.45) is 6.55. The zero-order chi connectivity index (χ0) is 35.9. The standard InChI is InChI=1S/C42H46N4O4S/c1-3-10-38-45-39-27(2)21-32(24-37(39)46(38)25-30-17-19-31(20-18-30)34-15-7-8-16-35(34)41(48)49)40(47)44-33(22-28-11-5-4-6-12-28)26-51-42(50)36(43)23-29-13-9-14-29/h4-8,11-12,15-21,24,29,33,36H,3,9-10,13-14,22-23,25-26,43H2,1-2H3,(H,44,47)(H,48,49). The van der Waals surface area contributed by atoms with E-state index < -0.39 is 12.0 Å². The fourth-order valence-corrected chi connectivity index (χ4v) is 7.73. The predicted octanol–water partition coefficient (Wildman–Crippen LogP) is 7.83. The lowest BCUT2D eigenvalue weighted by atomic mass is 9.81. The van der Waals surface area contributed by atoms with E-state index in [0.29, 0.717) is 35.8 Å². The molecule has 1 saturated carbocycles. The summed E-state index contributed by atoms with van der Waals surface area (Å²) in [4.78, 5) is 43.8. The van der Waals surface area contributed by atoms with Gasteiger partial charge in [-0.3, -0.25) is 9.59 Å². The molecule has 1 aromatic heterocycles. The maximum Gasteiger partial charge on any atom is 0.336 e. The summed E-state index contributed by atoms with van der Waals surface area (Å²) in [5, 5.41) is 12.9. The summed E-state index contributed by atoms with van der Waals surface area (Å²) < 4.78 is 2.18. The van der Waals surface area contributed by atoms with Gasteiger partial charge < -0.3 is 20.7 Å². The molecule has 9 heteroatoms. The average molecular weight is 703 g/mol. The number of benzene rings is 4. The smallest absolute Gasteiger partial charge is 0.336 e. The lowest BCUT2D eigenvalue weighted by Gasteiger charge is -2.27. The number of nitrogens with two attached hydrogens (primary N) is 1. The topological polar surface area (TPSA) is 127 Å². The molecule has 4 aromatic carbocycles. The van der Waals surface area contributed by atoms with E-state index in [-0.39, 0.29) is 22.6 Å². The number of fused-ring (bicyclic) bond motifs is 1. The summed E-state index contributed by atoms with van der Waals surface area (Å²) in [6, 6.07) is 28.0. The van der Waals surface area contributed by atoms with Crippen molar-refractivity contribution >= 4 is 39.8 Å². The Morgan fingerprint density at radius 3 is 2.39 bits per heavy atom. The second kappa shape index (κ2) is 16.5. The number of aromatic carboxylic acids is 1. The average Bonchev–Trinajstić information content (AvgIpc) is 3.46. The van der Waals surface area contributed by atoms with E-state index in [4.69, 9.17) is 10.7 Å². The highest BCUT2D eigenvalue weighted by Crippen LogP contribution is 2.31. The molecule has 8 nitrogen and oxygen atoms in total. The molecule has 1 amide bonds. The quantitative estimate of drug-likeness (QED) is 0.102. The van der Waals surface area contributed by atoms with Crippen molar-refractivity contribution < 1.29 is 19.5 Å². The molecule has 0 spiro atoms. The van der Waals surface area contributed by atoms with Gasteiger partial charge in [0.15, 0.2) is 0 Å². The van der Waals surface area contributed by atoms with Gasteiger partial charge in [0, 0.05) is 30.3 Å². The molecule has 1 heterocycles. The fourth-order valence-electron chi connectivity index (χ4n) is 6.85. The molecule has 5 aromatic rings. The summed E-state index contributed by atoms with van der Waals surface area (Å²) in [7, 11) is 0. The molecular formula is C42H46N4O4S. The van der Waals surface area contributed by atoms with Gasteiger partial charge in [0.05, 0.1) is 22.6 Å². The van der Waals surface area contributed by atoms with Crippen LogP contribution in [0.2, 0.25) is 0 Å². The molecule has 0 aliphatic heterocycles. The molecule has 51 heavy (non-hydrogen) atoms. The first-order valence-electron chi connectivity index (χ1n) is 17.9. The number of nitrogens with one attached hydrogen (secondary N) is 1. The Bertz CT molecular complexity index is 2000. The van der Waals surface area contributed by atoms with E-state index in [0.717, 1.165) is 71.2 Å². The lowest BCUT2D eigenvalue weighted by molar-refractivity contribution is -0.112.